The molecule has 0 radical (unpaired) electrons. The van der Waals surface area contributed by atoms with Crippen LogP contribution < -0.4 is 0 Å². The standard InChI is InChI=1S/C18H18O3/c1-2-21-18(20)10-6-9-16-13-15(11-12-17(16)19)14-7-4-3-5-8-14/h3-8,10-13,19H,2,9H2,1H3. The first-order valence-corrected chi connectivity index (χ1v) is 6.91. The molecule has 3 heteroatoms. The predicted octanol–water partition coefficient (Wildman–Crippen LogP) is 3.72. The average molecular weight is 282 g/mol. The molecule has 2 rings (SSSR count). The maximum Gasteiger partial charge on any atom is 0.330 e. The Morgan fingerprint density at radius 3 is 2.62 bits per heavy atom. The van der Waals surface area contributed by atoms with Crippen LogP contribution in [0.2, 0.25) is 0 Å². The summed E-state index contributed by atoms with van der Waals surface area (Å²) in [5, 5.41) is 9.90. The van der Waals surface area contributed by atoms with Crippen LogP contribution in [0.1, 0.15) is 12.5 Å². The van der Waals surface area contributed by atoms with Gasteiger partial charge in [-0.05, 0) is 42.2 Å². The highest BCUT2D eigenvalue weighted by molar-refractivity contribution is 5.81. The Morgan fingerprint density at radius 2 is 1.90 bits per heavy atom. The quantitative estimate of drug-likeness (QED) is 0.671. The van der Waals surface area contributed by atoms with Crippen molar-refractivity contribution in [2.75, 3.05) is 6.61 Å². The fourth-order valence-electron chi connectivity index (χ4n) is 2.03. The first-order valence-electron chi connectivity index (χ1n) is 6.91. The lowest BCUT2D eigenvalue weighted by Gasteiger charge is -2.06. The van der Waals surface area contributed by atoms with Gasteiger partial charge in [0.1, 0.15) is 5.75 Å². The van der Waals surface area contributed by atoms with Crippen molar-refractivity contribution < 1.29 is 14.6 Å². The summed E-state index contributed by atoms with van der Waals surface area (Å²) in [4.78, 5) is 11.2. The molecule has 2 aromatic carbocycles. The molecule has 0 saturated heterocycles. The van der Waals surface area contributed by atoms with Gasteiger partial charge in [-0.15, -0.1) is 0 Å². The minimum absolute atomic E-state index is 0.225. The number of phenolic OH excluding ortho intramolecular Hbond substituents is 1. The van der Waals surface area contributed by atoms with Gasteiger partial charge in [0, 0.05) is 6.08 Å². The van der Waals surface area contributed by atoms with Gasteiger partial charge < -0.3 is 9.84 Å². The summed E-state index contributed by atoms with van der Waals surface area (Å²) >= 11 is 0. The Hall–Kier alpha value is -2.55. The molecule has 0 aliphatic carbocycles. The summed E-state index contributed by atoms with van der Waals surface area (Å²) in [7, 11) is 0. The SMILES string of the molecule is CCOC(=O)C=CCc1cc(-c2ccccc2)ccc1O. The van der Waals surface area contributed by atoms with E-state index in [2.05, 4.69) is 0 Å². The highest BCUT2D eigenvalue weighted by Gasteiger charge is 2.03. The van der Waals surface area contributed by atoms with Crippen molar-refractivity contribution in [3.05, 3.63) is 66.2 Å². The van der Waals surface area contributed by atoms with E-state index in [1.54, 1.807) is 19.1 Å². The molecule has 0 bridgehead atoms. The van der Waals surface area contributed by atoms with Gasteiger partial charge in [-0.3, -0.25) is 0 Å². The van der Waals surface area contributed by atoms with Crippen molar-refractivity contribution in [3.8, 4) is 16.9 Å². The van der Waals surface area contributed by atoms with Gasteiger partial charge >= 0.3 is 5.97 Å². The zero-order valence-electron chi connectivity index (χ0n) is 12.0. The number of ether oxygens (including phenoxy) is 1. The van der Waals surface area contributed by atoms with Crippen LogP contribution in [0.5, 0.6) is 5.75 Å². The highest BCUT2D eigenvalue weighted by Crippen LogP contribution is 2.26. The van der Waals surface area contributed by atoms with Crippen molar-refractivity contribution in [2.24, 2.45) is 0 Å². The number of carbonyl (C=O) groups is 1. The molecule has 0 aliphatic rings. The summed E-state index contributed by atoms with van der Waals surface area (Å²) in [6.07, 6.45) is 3.56. The molecule has 3 nitrogen and oxygen atoms in total. The second kappa shape index (κ2) is 7.29. The molecule has 0 amide bonds. The fourth-order valence-corrected chi connectivity index (χ4v) is 2.03. The molecule has 108 valence electrons. The van der Waals surface area contributed by atoms with E-state index < -0.39 is 0 Å². The molecule has 0 heterocycles. The number of esters is 1. The molecule has 0 atom stereocenters. The Bertz CT molecular complexity index is 630. The largest absolute Gasteiger partial charge is 0.508 e. The van der Waals surface area contributed by atoms with Crippen LogP contribution >= 0.6 is 0 Å². The number of phenols is 1. The van der Waals surface area contributed by atoms with E-state index in [1.165, 1.54) is 6.08 Å². The monoisotopic (exact) mass is 282 g/mol. The second-order valence-electron chi connectivity index (χ2n) is 4.57. The van der Waals surface area contributed by atoms with Gasteiger partial charge in [-0.2, -0.15) is 0 Å². The molecular weight excluding hydrogens is 264 g/mol. The smallest absolute Gasteiger partial charge is 0.330 e. The van der Waals surface area contributed by atoms with E-state index in [9.17, 15) is 9.90 Å². The third-order valence-corrected chi connectivity index (χ3v) is 3.06. The lowest BCUT2D eigenvalue weighted by molar-refractivity contribution is -0.137. The Balaban J connectivity index is 2.15. The molecule has 0 saturated carbocycles. The molecule has 0 aromatic heterocycles. The predicted molar refractivity (Wildman–Crippen MR) is 83.0 cm³/mol. The van der Waals surface area contributed by atoms with Gasteiger partial charge in [-0.25, -0.2) is 4.79 Å². The van der Waals surface area contributed by atoms with E-state index in [-0.39, 0.29) is 11.7 Å². The Labute approximate surface area is 124 Å². The number of carbonyl (C=O) groups excluding carboxylic acids is 1. The molecule has 2 aromatic rings. The first kappa shape index (κ1) is 14.9. The molecule has 0 spiro atoms. The van der Waals surface area contributed by atoms with Crippen molar-refractivity contribution in [1.82, 2.24) is 0 Å². The summed E-state index contributed by atoms with van der Waals surface area (Å²) in [5.74, 6) is -0.139. The number of aromatic hydroxyl groups is 1. The first-order chi connectivity index (χ1) is 10.2. The maximum absolute atomic E-state index is 11.2. The van der Waals surface area contributed by atoms with Crippen LogP contribution in [0.4, 0.5) is 0 Å². The van der Waals surface area contributed by atoms with Crippen molar-refractivity contribution >= 4 is 5.97 Å². The van der Waals surface area contributed by atoms with Crippen LogP contribution in [-0.4, -0.2) is 17.7 Å². The van der Waals surface area contributed by atoms with Crippen LogP contribution in [-0.2, 0) is 16.0 Å². The number of allylic oxidation sites excluding steroid dienone is 1. The van der Waals surface area contributed by atoms with Crippen molar-refractivity contribution in [2.45, 2.75) is 13.3 Å². The van der Waals surface area contributed by atoms with Crippen LogP contribution in [0.15, 0.2) is 60.7 Å². The highest BCUT2D eigenvalue weighted by atomic mass is 16.5. The van der Waals surface area contributed by atoms with Gasteiger partial charge in [0.15, 0.2) is 0 Å². The third-order valence-electron chi connectivity index (χ3n) is 3.06. The van der Waals surface area contributed by atoms with Crippen molar-refractivity contribution in [3.63, 3.8) is 0 Å². The molecule has 1 N–H and O–H groups in total. The van der Waals surface area contributed by atoms with Gasteiger partial charge in [-0.1, -0.05) is 42.5 Å². The number of hydrogen-bond acceptors (Lipinski definition) is 3. The summed E-state index contributed by atoms with van der Waals surface area (Å²) in [6.45, 7) is 2.12. The summed E-state index contributed by atoms with van der Waals surface area (Å²) < 4.78 is 4.81. The summed E-state index contributed by atoms with van der Waals surface area (Å²) in [6, 6.07) is 15.4. The Morgan fingerprint density at radius 1 is 1.14 bits per heavy atom. The maximum atomic E-state index is 11.2. The zero-order valence-corrected chi connectivity index (χ0v) is 12.0. The van der Waals surface area contributed by atoms with E-state index in [0.29, 0.717) is 13.0 Å². The third kappa shape index (κ3) is 4.21. The number of rotatable bonds is 5. The number of benzene rings is 2. The lowest BCUT2D eigenvalue weighted by Crippen LogP contribution is -1.99. The molecule has 0 aliphatic heterocycles. The van der Waals surface area contributed by atoms with E-state index >= 15 is 0 Å². The zero-order chi connectivity index (χ0) is 15.1. The fraction of sp³-hybridized carbons (Fsp3) is 0.167. The van der Waals surface area contributed by atoms with Crippen LogP contribution in [0.25, 0.3) is 11.1 Å². The lowest BCUT2D eigenvalue weighted by atomic mass is 10.0. The minimum atomic E-state index is -0.365. The van der Waals surface area contributed by atoms with Crippen molar-refractivity contribution in [1.29, 1.82) is 0 Å². The molecular formula is C18H18O3. The van der Waals surface area contributed by atoms with E-state index in [0.717, 1.165) is 16.7 Å². The minimum Gasteiger partial charge on any atom is -0.508 e. The average Bonchev–Trinajstić information content (AvgIpc) is 2.50. The van der Waals surface area contributed by atoms with Crippen LogP contribution in [0.3, 0.4) is 0 Å². The van der Waals surface area contributed by atoms with Crippen LogP contribution in [0, 0.1) is 0 Å². The molecule has 0 unspecified atom stereocenters. The summed E-state index contributed by atoms with van der Waals surface area (Å²) in [5.41, 5.74) is 2.90. The molecule has 0 fully saturated rings. The molecule has 21 heavy (non-hydrogen) atoms. The van der Waals surface area contributed by atoms with E-state index in [4.69, 9.17) is 4.74 Å². The van der Waals surface area contributed by atoms with Gasteiger partial charge in [0.2, 0.25) is 0 Å². The van der Waals surface area contributed by atoms with E-state index in [1.807, 2.05) is 42.5 Å². The normalized spacial score (nSPS) is 10.7. The Kier molecular flexibility index (Phi) is 5.16. The topological polar surface area (TPSA) is 46.5 Å². The van der Waals surface area contributed by atoms with Gasteiger partial charge in [0.25, 0.3) is 0 Å². The number of hydrogen-bond donors (Lipinski definition) is 1. The second-order valence-corrected chi connectivity index (χ2v) is 4.57. The van der Waals surface area contributed by atoms with Gasteiger partial charge in [0.05, 0.1) is 6.61 Å².